The Morgan fingerprint density at radius 3 is 2.63 bits per heavy atom. The molecule has 0 bridgehead atoms. The minimum absolute atomic E-state index is 0.0400. The van der Waals surface area contributed by atoms with Gasteiger partial charge < -0.3 is 10.2 Å². The zero-order valence-corrected chi connectivity index (χ0v) is 11.7. The van der Waals surface area contributed by atoms with Crippen molar-refractivity contribution in [2.45, 2.75) is 39.2 Å². The Balaban J connectivity index is 2.49. The number of hydrogen-bond donors (Lipinski definition) is 2. The van der Waals surface area contributed by atoms with Crippen molar-refractivity contribution in [2.75, 3.05) is 11.4 Å². The predicted molar refractivity (Wildman–Crippen MR) is 72.4 cm³/mol. The highest BCUT2D eigenvalue weighted by molar-refractivity contribution is 5.90. The number of amides is 1. The fourth-order valence-corrected chi connectivity index (χ4v) is 2.44. The topological polar surface area (TPSA) is 73.7 Å². The van der Waals surface area contributed by atoms with Gasteiger partial charge in [-0.3, -0.25) is 9.88 Å². The summed E-state index contributed by atoms with van der Waals surface area (Å²) in [6, 6.07) is 1.70. The number of anilines is 1. The van der Waals surface area contributed by atoms with Crippen LogP contribution in [0.4, 0.5) is 10.5 Å². The maximum absolute atomic E-state index is 11.3. The molecule has 19 heavy (non-hydrogen) atoms. The second kappa shape index (κ2) is 4.49. The van der Waals surface area contributed by atoms with Gasteiger partial charge in [-0.2, -0.15) is 0 Å². The molecule has 1 aromatic heterocycles. The van der Waals surface area contributed by atoms with Gasteiger partial charge in [0.05, 0.1) is 17.5 Å². The van der Waals surface area contributed by atoms with Crippen molar-refractivity contribution in [1.82, 2.24) is 4.98 Å². The molecule has 0 aromatic carbocycles. The minimum atomic E-state index is -0.969. The van der Waals surface area contributed by atoms with Crippen LogP contribution < -0.4 is 4.90 Å². The summed E-state index contributed by atoms with van der Waals surface area (Å²) in [5.74, 6) is 0.0400. The molecule has 0 saturated carbocycles. The number of aliphatic hydroxyl groups excluding tert-OH is 1. The lowest BCUT2D eigenvalue weighted by Gasteiger charge is -2.18. The molecule has 0 spiro atoms. The summed E-state index contributed by atoms with van der Waals surface area (Å²) in [5.41, 5.74) is 1.83. The van der Waals surface area contributed by atoms with E-state index in [4.69, 9.17) is 0 Å². The number of fused-ring (bicyclic) bond motifs is 1. The van der Waals surface area contributed by atoms with Crippen LogP contribution in [0.5, 0.6) is 0 Å². The molecule has 104 valence electrons. The summed E-state index contributed by atoms with van der Waals surface area (Å²) < 4.78 is 0. The van der Waals surface area contributed by atoms with Crippen LogP contribution in [-0.2, 0) is 5.41 Å². The first-order valence-electron chi connectivity index (χ1n) is 6.43. The van der Waals surface area contributed by atoms with Gasteiger partial charge in [0.1, 0.15) is 0 Å². The number of rotatable bonds is 2. The van der Waals surface area contributed by atoms with Gasteiger partial charge in [-0.05, 0) is 12.0 Å². The highest BCUT2D eigenvalue weighted by Gasteiger charge is 2.39. The second-order valence-corrected chi connectivity index (χ2v) is 6.07. The molecule has 0 radical (unpaired) electrons. The van der Waals surface area contributed by atoms with Crippen LogP contribution in [0.1, 0.15) is 45.1 Å². The van der Waals surface area contributed by atoms with Gasteiger partial charge in [0.25, 0.3) is 0 Å². The van der Waals surface area contributed by atoms with Crippen molar-refractivity contribution >= 4 is 11.8 Å². The Kier molecular flexibility index (Phi) is 3.26. The van der Waals surface area contributed by atoms with Gasteiger partial charge in [0.2, 0.25) is 0 Å². The highest BCUT2D eigenvalue weighted by atomic mass is 16.4. The Morgan fingerprint density at radius 1 is 1.47 bits per heavy atom. The van der Waals surface area contributed by atoms with E-state index in [0.717, 1.165) is 5.56 Å². The Hall–Kier alpha value is -1.62. The number of aromatic nitrogens is 1. The molecule has 1 atom stereocenters. The molecular formula is C14H20N2O3. The molecule has 0 fully saturated rings. The monoisotopic (exact) mass is 264 g/mol. The molecule has 5 heteroatoms. The summed E-state index contributed by atoms with van der Waals surface area (Å²) in [6.07, 6.45) is 0.0480. The largest absolute Gasteiger partial charge is 0.465 e. The average Bonchev–Trinajstić information content (AvgIpc) is 2.60. The normalized spacial score (nSPS) is 18.5. The Labute approximate surface area is 112 Å². The van der Waals surface area contributed by atoms with Gasteiger partial charge in [-0.25, -0.2) is 4.79 Å². The molecule has 2 rings (SSSR count). The van der Waals surface area contributed by atoms with Crippen LogP contribution in [0.3, 0.4) is 0 Å². The van der Waals surface area contributed by atoms with E-state index in [9.17, 15) is 15.0 Å². The lowest BCUT2D eigenvalue weighted by molar-refractivity contribution is 0.122. The summed E-state index contributed by atoms with van der Waals surface area (Å²) >= 11 is 0. The van der Waals surface area contributed by atoms with E-state index in [0.29, 0.717) is 17.9 Å². The molecule has 1 aromatic rings. The third-order valence-electron chi connectivity index (χ3n) is 3.64. The summed E-state index contributed by atoms with van der Waals surface area (Å²) in [4.78, 5) is 16.9. The third kappa shape index (κ3) is 2.30. The van der Waals surface area contributed by atoms with E-state index >= 15 is 0 Å². The van der Waals surface area contributed by atoms with E-state index in [-0.39, 0.29) is 11.3 Å². The maximum atomic E-state index is 11.3. The summed E-state index contributed by atoms with van der Waals surface area (Å²) in [5, 5.41) is 19.3. The zero-order chi connectivity index (χ0) is 14.4. The summed E-state index contributed by atoms with van der Waals surface area (Å²) in [7, 11) is 0. The van der Waals surface area contributed by atoms with Crippen LogP contribution in [0.15, 0.2) is 12.3 Å². The first-order valence-corrected chi connectivity index (χ1v) is 6.43. The molecule has 0 saturated heterocycles. The van der Waals surface area contributed by atoms with Crippen molar-refractivity contribution in [3.05, 3.63) is 23.5 Å². The molecule has 1 amide bonds. The molecule has 1 aliphatic rings. The number of carboxylic acid groups (broad SMARTS) is 1. The smallest absolute Gasteiger partial charge is 0.411 e. The standard InChI is InChI=1S/C14H20N2O3/c1-8(2)12(17)10-5-11-9(6-15-10)14(3,4)7-16(11)13(18)19/h5-6,8,12,17H,7H2,1-4H3,(H,18,19). The fraction of sp³-hybridized carbons (Fsp3) is 0.571. The SMILES string of the molecule is CC(C)C(O)c1cc2c(cn1)C(C)(C)CN2C(=O)O. The number of hydrogen-bond acceptors (Lipinski definition) is 3. The van der Waals surface area contributed by atoms with Crippen molar-refractivity contribution in [3.8, 4) is 0 Å². The van der Waals surface area contributed by atoms with E-state index in [2.05, 4.69) is 4.98 Å². The Morgan fingerprint density at radius 2 is 2.11 bits per heavy atom. The number of pyridine rings is 1. The lowest BCUT2D eigenvalue weighted by atomic mass is 9.88. The van der Waals surface area contributed by atoms with E-state index in [1.807, 2.05) is 27.7 Å². The minimum Gasteiger partial charge on any atom is -0.465 e. The van der Waals surface area contributed by atoms with Gasteiger partial charge in [-0.15, -0.1) is 0 Å². The van der Waals surface area contributed by atoms with E-state index in [1.165, 1.54) is 4.90 Å². The first kappa shape index (κ1) is 13.8. The second-order valence-electron chi connectivity index (χ2n) is 6.07. The molecule has 2 heterocycles. The first-order chi connectivity index (χ1) is 8.74. The van der Waals surface area contributed by atoms with Crippen LogP contribution in [0, 0.1) is 5.92 Å². The van der Waals surface area contributed by atoms with Gasteiger partial charge >= 0.3 is 6.09 Å². The van der Waals surface area contributed by atoms with Crippen LogP contribution >= 0.6 is 0 Å². The number of nitrogens with zero attached hydrogens (tertiary/aromatic N) is 2. The molecule has 1 unspecified atom stereocenters. The number of carbonyl (C=O) groups is 1. The molecule has 0 aliphatic carbocycles. The molecular weight excluding hydrogens is 244 g/mol. The van der Waals surface area contributed by atoms with Crippen molar-refractivity contribution in [1.29, 1.82) is 0 Å². The lowest BCUT2D eigenvalue weighted by Crippen LogP contribution is -2.32. The van der Waals surface area contributed by atoms with E-state index < -0.39 is 12.2 Å². The van der Waals surface area contributed by atoms with Gasteiger partial charge in [0, 0.05) is 23.7 Å². The quantitative estimate of drug-likeness (QED) is 0.861. The van der Waals surface area contributed by atoms with Crippen molar-refractivity contribution in [3.63, 3.8) is 0 Å². The van der Waals surface area contributed by atoms with Crippen LogP contribution in [0.25, 0.3) is 0 Å². The fourth-order valence-electron chi connectivity index (χ4n) is 2.44. The van der Waals surface area contributed by atoms with Gasteiger partial charge in [-0.1, -0.05) is 27.7 Å². The molecule has 2 N–H and O–H groups in total. The predicted octanol–water partition coefficient (Wildman–Crippen LogP) is 2.55. The summed E-state index contributed by atoms with van der Waals surface area (Å²) in [6.45, 7) is 8.21. The molecule has 1 aliphatic heterocycles. The van der Waals surface area contributed by atoms with Crippen molar-refractivity contribution in [2.24, 2.45) is 5.92 Å². The molecule has 5 nitrogen and oxygen atoms in total. The highest BCUT2D eigenvalue weighted by Crippen LogP contribution is 2.41. The van der Waals surface area contributed by atoms with Crippen molar-refractivity contribution < 1.29 is 15.0 Å². The maximum Gasteiger partial charge on any atom is 0.411 e. The van der Waals surface area contributed by atoms with Gasteiger partial charge in [0.15, 0.2) is 0 Å². The average molecular weight is 264 g/mol. The van der Waals surface area contributed by atoms with Crippen LogP contribution in [-0.4, -0.2) is 27.8 Å². The number of aliphatic hydroxyl groups is 1. The van der Waals surface area contributed by atoms with Crippen LogP contribution in [0.2, 0.25) is 0 Å². The third-order valence-corrected chi connectivity index (χ3v) is 3.64. The Bertz CT molecular complexity index is 511. The zero-order valence-electron chi connectivity index (χ0n) is 11.7. The van der Waals surface area contributed by atoms with E-state index in [1.54, 1.807) is 12.3 Å².